The van der Waals surface area contributed by atoms with Crippen molar-refractivity contribution in [3.8, 4) is 0 Å². The second kappa shape index (κ2) is 3.99. The van der Waals surface area contributed by atoms with Crippen LogP contribution >= 0.6 is 0 Å². The van der Waals surface area contributed by atoms with E-state index in [9.17, 15) is 0 Å². The van der Waals surface area contributed by atoms with E-state index in [1.807, 2.05) is 0 Å². The number of fused-ring (bicyclic) bond motifs is 2. The lowest BCUT2D eigenvalue weighted by atomic mass is 9.71. The molecule has 2 aliphatic carbocycles. The first-order chi connectivity index (χ1) is 7.65. The molecule has 0 aromatic rings. The number of hydrogen-bond donors (Lipinski definition) is 0. The van der Waals surface area contributed by atoms with Gasteiger partial charge in [0, 0.05) is 25.0 Å². The van der Waals surface area contributed by atoms with Crippen LogP contribution in [0.15, 0.2) is 0 Å². The first-order valence-corrected chi connectivity index (χ1v) is 6.99. The van der Waals surface area contributed by atoms with Crippen LogP contribution in [0.25, 0.3) is 0 Å². The van der Waals surface area contributed by atoms with Crippen LogP contribution < -0.4 is 0 Å². The van der Waals surface area contributed by atoms with Gasteiger partial charge < -0.3 is 9.64 Å². The van der Waals surface area contributed by atoms with Gasteiger partial charge in [-0.2, -0.15) is 0 Å². The number of rotatable bonds is 5. The predicted octanol–water partition coefficient (Wildman–Crippen LogP) is 2.53. The summed E-state index contributed by atoms with van der Waals surface area (Å²) in [7, 11) is 0. The molecule has 2 saturated carbocycles. The van der Waals surface area contributed by atoms with Crippen LogP contribution in [0, 0.1) is 17.3 Å². The fraction of sp³-hybridized carbons (Fsp3) is 1.00. The van der Waals surface area contributed by atoms with E-state index in [1.165, 1.54) is 45.3 Å². The minimum absolute atomic E-state index is 0.396. The Balaban J connectivity index is 1.46. The quantitative estimate of drug-likeness (QED) is 0.710. The van der Waals surface area contributed by atoms with E-state index in [-0.39, 0.29) is 0 Å². The van der Waals surface area contributed by atoms with Gasteiger partial charge in [-0.25, -0.2) is 0 Å². The highest BCUT2D eigenvalue weighted by molar-refractivity contribution is 4.99. The lowest BCUT2D eigenvalue weighted by Crippen LogP contribution is -2.50. The molecule has 2 heteroatoms. The van der Waals surface area contributed by atoms with Crippen molar-refractivity contribution in [3.63, 3.8) is 0 Å². The molecule has 0 N–H and O–H groups in total. The van der Waals surface area contributed by atoms with Gasteiger partial charge in [-0.3, -0.25) is 0 Å². The maximum atomic E-state index is 5.82. The van der Waals surface area contributed by atoms with Crippen molar-refractivity contribution >= 4 is 0 Å². The van der Waals surface area contributed by atoms with E-state index in [0.717, 1.165) is 18.4 Å². The second-order valence-corrected chi connectivity index (χ2v) is 6.76. The molecule has 0 aromatic heterocycles. The third-order valence-electron chi connectivity index (χ3n) is 4.61. The van der Waals surface area contributed by atoms with Crippen molar-refractivity contribution in [1.29, 1.82) is 0 Å². The lowest BCUT2D eigenvalue weighted by Gasteiger charge is -2.48. The van der Waals surface area contributed by atoms with Crippen LogP contribution in [0.4, 0.5) is 0 Å². The van der Waals surface area contributed by atoms with Gasteiger partial charge >= 0.3 is 0 Å². The lowest BCUT2D eigenvalue weighted by molar-refractivity contribution is -0.0103. The smallest absolute Gasteiger partial charge is 0.0538 e. The molecule has 0 spiro atoms. The normalized spacial score (nSPS) is 36.2. The molecule has 0 unspecified atom stereocenters. The zero-order chi connectivity index (χ0) is 11.2. The van der Waals surface area contributed by atoms with E-state index < -0.39 is 0 Å². The number of hydrogen-bond acceptors (Lipinski definition) is 2. The van der Waals surface area contributed by atoms with Crippen LogP contribution in [0.5, 0.6) is 0 Å². The first kappa shape index (κ1) is 11.0. The van der Waals surface area contributed by atoms with Gasteiger partial charge in [0.1, 0.15) is 0 Å². The molecule has 4 aliphatic rings. The monoisotopic (exact) mass is 223 g/mol. The van der Waals surface area contributed by atoms with Crippen LogP contribution in [0.3, 0.4) is 0 Å². The van der Waals surface area contributed by atoms with Gasteiger partial charge in [0.25, 0.3) is 0 Å². The van der Waals surface area contributed by atoms with Gasteiger partial charge in [-0.05, 0) is 51.4 Å². The van der Waals surface area contributed by atoms with Gasteiger partial charge in [-0.15, -0.1) is 0 Å². The van der Waals surface area contributed by atoms with Crippen LogP contribution in [0.2, 0.25) is 0 Å². The standard InChI is InChI=1S/C14H25NO/c1-11(2)16-10-14(3-4-14)9-15-7-12-5-13(6-12)8-15/h11-13H,3-10H2,1-2H3. The third kappa shape index (κ3) is 2.28. The average molecular weight is 223 g/mol. The Bertz CT molecular complexity index is 243. The third-order valence-corrected chi connectivity index (χ3v) is 4.61. The Morgan fingerprint density at radius 3 is 2.31 bits per heavy atom. The Labute approximate surface area is 99.3 Å². The summed E-state index contributed by atoms with van der Waals surface area (Å²) in [4.78, 5) is 2.72. The summed E-state index contributed by atoms with van der Waals surface area (Å²) in [5.74, 6) is 2.08. The van der Waals surface area contributed by atoms with Crippen LogP contribution in [0.1, 0.15) is 39.5 Å². The van der Waals surface area contributed by atoms with Gasteiger partial charge in [0.15, 0.2) is 0 Å². The van der Waals surface area contributed by atoms with E-state index in [4.69, 9.17) is 4.74 Å². The van der Waals surface area contributed by atoms with Crippen molar-refractivity contribution in [2.75, 3.05) is 26.2 Å². The molecule has 92 valence electrons. The molecule has 4 fully saturated rings. The van der Waals surface area contributed by atoms with E-state index in [0.29, 0.717) is 11.5 Å². The molecular formula is C14H25NO. The van der Waals surface area contributed by atoms with Crippen molar-refractivity contribution in [2.45, 2.75) is 45.6 Å². The SMILES string of the molecule is CC(C)OCC1(CN2CC3CC(C3)C2)CC1. The number of piperidine rings is 2. The van der Waals surface area contributed by atoms with Crippen molar-refractivity contribution in [1.82, 2.24) is 4.90 Å². The highest BCUT2D eigenvalue weighted by Gasteiger charge is 2.47. The fourth-order valence-corrected chi connectivity index (χ4v) is 3.45. The Morgan fingerprint density at radius 2 is 1.81 bits per heavy atom. The van der Waals surface area contributed by atoms with Gasteiger partial charge in [0.05, 0.1) is 12.7 Å². The number of nitrogens with zero attached hydrogens (tertiary/aromatic N) is 1. The Hall–Kier alpha value is -0.0800. The van der Waals surface area contributed by atoms with Gasteiger partial charge in [0.2, 0.25) is 0 Å². The molecule has 2 nitrogen and oxygen atoms in total. The summed E-state index contributed by atoms with van der Waals surface area (Å²) in [6.07, 6.45) is 6.22. The zero-order valence-electron chi connectivity index (χ0n) is 10.7. The molecule has 2 heterocycles. The largest absolute Gasteiger partial charge is 0.378 e. The van der Waals surface area contributed by atoms with Crippen molar-refractivity contribution < 1.29 is 4.74 Å². The second-order valence-electron chi connectivity index (χ2n) is 6.76. The molecule has 0 atom stereocenters. The van der Waals surface area contributed by atoms with E-state index >= 15 is 0 Å². The molecule has 2 bridgehead atoms. The zero-order valence-corrected chi connectivity index (χ0v) is 10.7. The van der Waals surface area contributed by atoms with Crippen molar-refractivity contribution in [3.05, 3.63) is 0 Å². The van der Waals surface area contributed by atoms with Crippen molar-refractivity contribution in [2.24, 2.45) is 17.3 Å². The summed E-state index contributed by atoms with van der Waals surface area (Å²) < 4.78 is 5.82. The van der Waals surface area contributed by atoms with Crippen LogP contribution in [-0.2, 0) is 4.74 Å². The minimum atomic E-state index is 0.396. The molecule has 0 aromatic carbocycles. The summed E-state index contributed by atoms with van der Waals surface area (Å²) in [6.45, 7) is 9.35. The van der Waals surface area contributed by atoms with E-state index in [1.54, 1.807) is 0 Å². The molecule has 0 radical (unpaired) electrons. The molecule has 4 rings (SSSR count). The van der Waals surface area contributed by atoms with E-state index in [2.05, 4.69) is 18.7 Å². The molecule has 0 amide bonds. The summed E-state index contributed by atoms with van der Waals surface area (Å²) in [5.41, 5.74) is 0.550. The molecule has 16 heavy (non-hydrogen) atoms. The Kier molecular flexibility index (Phi) is 2.75. The minimum Gasteiger partial charge on any atom is -0.378 e. The highest BCUT2D eigenvalue weighted by atomic mass is 16.5. The first-order valence-electron chi connectivity index (χ1n) is 6.99. The topological polar surface area (TPSA) is 12.5 Å². The Morgan fingerprint density at radius 1 is 1.19 bits per heavy atom. The number of ether oxygens (including phenoxy) is 1. The average Bonchev–Trinajstić information content (AvgIpc) is 2.94. The summed E-state index contributed by atoms with van der Waals surface area (Å²) in [5, 5.41) is 0. The summed E-state index contributed by atoms with van der Waals surface area (Å²) in [6, 6.07) is 0. The predicted molar refractivity (Wildman–Crippen MR) is 65.4 cm³/mol. The van der Waals surface area contributed by atoms with Crippen LogP contribution in [-0.4, -0.2) is 37.2 Å². The summed E-state index contributed by atoms with van der Waals surface area (Å²) >= 11 is 0. The maximum Gasteiger partial charge on any atom is 0.0538 e. The molecule has 2 saturated heterocycles. The fourth-order valence-electron chi connectivity index (χ4n) is 3.45. The maximum absolute atomic E-state index is 5.82. The molecular weight excluding hydrogens is 198 g/mol. The highest BCUT2D eigenvalue weighted by Crippen LogP contribution is 2.49. The molecule has 2 aliphatic heterocycles. The van der Waals surface area contributed by atoms with Gasteiger partial charge in [-0.1, -0.05) is 0 Å².